The molecule has 0 radical (unpaired) electrons. The molecule has 4 nitrogen and oxygen atoms in total. The predicted molar refractivity (Wildman–Crippen MR) is 91.1 cm³/mol. The number of aromatic nitrogens is 1. The Labute approximate surface area is 143 Å². The van der Waals surface area contributed by atoms with Gasteiger partial charge in [0.05, 0.1) is 0 Å². The Morgan fingerprint density at radius 2 is 2.00 bits per heavy atom. The maximum absolute atomic E-state index is 12.4. The second kappa shape index (κ2) is 6.86. The third kappa shape index (κ3) is 3.72. The summed E-state index contributed by atoms with van der Waals surface area (Å²) in [5.74, 6) is 0.0631. The molecule has 116 valence electrons. The van der Waals surface area contributed by atoms with Crippen molar-refractivity contribution in [2.45, 2.75) is 6.54 Å². The van der Waals surface area contributed by atoms with Gasteiger partial charge in [0.15, 0.2) is 0 Å². The minimum atomic E-state index is 0.0631. The summed E-state index contributed by atoms with van der Waals surface area (Å²) in [5, 5.41) is 0.767. The summed E-state index contributed by atoms with van der Waals surface area (Å²) < 4.78 is 0.899. The summed E-state index contributed by atoms with van der Waals surface area (Å²) in [5.41, 5.74) is 1.84. The van der Waals surface area contributed by atoms with Crippen molar-refractivity contribution in [2.24, 2.45) is 0 Å². The SMILES string of the molecule is O=C(c1cc(Br)c[nH]1)N1CCN(Cc2cccc(Cl)c2)CC1. The Kier molecular flexibility index (Phi) is 4.86. The fourth-order valence-corrected chi connectivity index (χ4v) is 3.22. The quantitative estimate of drug-likeness (QED) is 0.884. The van der Waals surface area contributed by atoms with Gasteiger partial charge in [-0.2, -0.15) is 0 Å². The molecule has 6 heteroatoms. The predicted octanol–water partition coefficient (Wildman–Crippen LogP) is 3.39. The van der Waals surface area contributed by atoms with Crippen molar-refractivity contribution in [3.8, 4) is 0 Å². The maximum atomic E-state index is 12.4. The molecule has 1 saturated heterocycles. The molecule has 1 aromatic heterocycles. The van der Waals surface area contributed by atoms with Gasteiger partial charge in [-0.25, -0.2) is 0 Å². The Morgan fingerprint density at radius 1 is 1.23 bits per heavy atom. The molecule has 0 unspecified atom stereocenters. The number of nitrogens with zero attached hydrogens (tertiary/aromatic N) is 2. The van der Waals surface area contributed by atoms with Gasteiger partial charge in [0, 0.05) is 48.4 Å². The molecule has 0 saturated carbocycles. The van der Waals surface area contributed by atoms with E-state index in [1.165, 1.54) is 5.56 Å². The first-order valence-corrected chi connectivity index (χ1v) is 8.39. The van der Waals surface area contributed by atoms with Gasteiger partial charge >= 0.3 is 0 Å². The maximum Gasteiger partial charge on any atom is 0.270 e. The van der Waals surface area contributed by atoms with Crippen molar-refractivity contribution >= 4 is 33.4 Å². The first-order chi connectivity index (χ1) is 10.6. The van der Waals surface area contributed by atoms with Gasteiger partial charge in [-0.05, 0) is 39.7 Å². The van der Waals surface area contributed by atoms with Crippen LogP contribution in [0.4, 0.5) is 0 Å². The van der Waals surface area contributed by atoms with E-state index in [0.29, 0.717) is 5.69 Å². The minimum Gasteiger partial charge on any atom is -0.356 e. The normalized spacial score (nSPS) is 16.0. The molecule has 1 aliphatic heterocycles. The molecule has 0 bridgehead atoms. The number of benzene rings is 1. The van der Waals surface area contributed by atoms with Crippen LogP contribution in [0.5, 0.6) is 0 Å². The number of halogens is 2. The van der Waals surface area contributed by atoms with Gasteiger partial charge in [0.1, 0.15) is 5.69 Å². The Bertz CT molecular complexity index is 665. The highest BCUT2D eigenvalue weighted by Crippen LogP contribution is 2.16. The molecule has 1 aromatic carbocycles. The van der Waals surface area contributed by atoms with E-state index in [4.69, 9.17) is 11.6 Å². The Balaban J connectivity index is 1.55. The fourth-order valence-electron chi connectivity index (χ4n) is 2.66. The summed E-state index contributed by atoms with van der Waals surface area (Å²) in [6, 6.07) is 9.76. The highest BCUT2D eigenvalue weighted by Gasteiger charge is 2.22. The van der Waals surface area contributed by atoms with Gasteiger partial charge in [-0.1, -0.05) is 23.7 Å². The average molecular weight is 383 g/mol. The van der Waals surface area contributed by atoms with Crippen LogP contribution in [0.1, 0.15) is 16.1 Å². The number of nitrogens with one attached hydrogen (secondary N) is 1. The van der Waals surface area contributed by atoms with Gasteiger partial charge in [-0.3, -0.25) is 9.69 Å². The van der Waals surface area contributed by atoms with Crippen molar-refractivity contribution in [3.63, 3.8) is 0 Å². The first kappa shape index (κ1) is 15.6. The van der Waals surface area contributed by atoms with Gasteiger partial charge in [0.2, 0.25) is 0 Å². The molecular weight excluding hydrogens is 366 g/mol. The van der Waals surface area contributed by atoms with E-state index in [1.54, 1.807) is 6.20 Å². The van der Waals surface area contributed by atoms with E-state index >= 15 is 0 Å². The van der Waals surface area contributed by atoms with E-state index in [-0.39, 0.29) is 5.91 Å². The lowest BCUT2D eigenvalue weighted by atomic mass is 10.2. The van der Waals surface area contributed by atoms with Crippen LogP contribution < -0.4 is 0 Å². The summed E-state index contributed by atoms with van der Waals surface area (Å²) in [6.07, 6.45) is 1.78. The van der Waals surface area contributed by atoms with Crippen LogP contribution in [0.2, 0.25) is 5.02 Å². The summed E-state index contributed by atoms with van der Waals surface area (Å²) in [7, 11) is 0. The number of hydrogen-bond donors (Lipinski definition) is 1. The number of amides is 1. The van der Waals surface area contributed by atoms with Crippen LogP contribution in [0, 0.1) is 0 Å². The highest BCUT2D eigenvalue weighted by atomic mass is 79.9. The van der Waals surface area contributed by atoms with Crippen LogP contribution in [-0.2, 0) is 6.54 Å². The zero-order valence-electron chi connectivity index (χ0n) is 12.1. The molecule has 1 aliphatic rings. The molecule has 3 rings (SSSR count). The molecule has 22 heavy (non-hydrogen) atoms. The van der Waals surface area contributed by atoms with E-state index in [2.05, 4.69) is 31.9 Å². The summed E-state index contributed by atoms with van der Waals surface area (Å²) >= 11 is 9.37. The second-order valence-corrected chi connectivity index (χ2v) is 6.78. The fraction of sp³-hybridized carbons (Fsp3) is 0.312. The van der Waals surface area contributed by atoms with E-state index in [0.717, 1.165) is 42.2 Å². The molecule has 0 aliphatic carbocycles. The minimum absolute atomic E-state index is 0.0631. The third-order valence-electron chi connectivity index (χ3n) is 3.83. The lowest BCUT2D eigenvalue weighted by Crippen LogP contribution is -2.48. The number of H-pyrrole nitrogens is 1. The number of hydrogen-bond acceptors (Lipinski definition) is 2. The summed E-state index contributed by atoms with van der Waals surface area (Å²) in [4.78, 5) is 19.6. The number of rotatable bonds is 3. The lowest BCUT2D eigenvalue weighted by molar-refractivity contribution is 0.0623. The highest BCUT2D eigenvalue weighted by molar-refractivity contribution is 9.10. The number of carbonyl (C=O) groups excluding carboxylic acids is 1. The monoisotopic (exact) mass is 381 g/mol. The van der Waals surface area contributed by atoms with Crippen LogP contribution in [-0.4, -0.2) is 46.9 Å². The number of carbonyl (C=O) groups is 1. The van der Waals surface area contributed by atoms with Gasteiger partial charge in [-0.15, -0.1) is 0 Å². The largest absolute Gasteiger partial charge is 0.356 e. The van der Waals surface area contributed by atoms with Crippen LogP contribution in [0.15, 0.2) is 41.0 Å². The van der Waals surface area contributed by atoms with E-state index in [9.17, 15) is 4.79 Å². The zero-order chi connectivity index (χ0) is 15.5. The standard InChI is InChI=1S/C16H17BrClN3O/c17-13-9-15(19-10-13)16(22)21-6-4-20(5-7-21)11-12-2-1-3-14(18)8-12/h1-3,8-10,19H,4-7,11H2. The lowest BCUT2D eigenvalue weighted by Gasteiger charge is -2.34. The topological polar surface area (TPSA) is 39.3 Å². The molecule has 1 fully saturated rings. The average Bonchev–Trinajstić information content (AvgIpc) is 2.94. The molecule has 2 aromatic rings. The van der Waals surface area contributed by atoms with E-state index < -0.39 is 0 Å². The third-order valence-corrected chi connectivity index (χ3v) is 4.53. The van der Waals surface area contributed by atoms with Crippen LogP contribution in [0.3, 0.4) is 0 Å². The van der Waals surface area contributed by atoms with Crippen LogP contribution in [0.25, 0.3) is 0 Å². The molecule has 1 amide bonds. The first-order valence-electron chi connectivity index (χ1n) is 7.22. The molecule has 1 N–H and O–H groups in total. The molecular formula is C16H17BrClN3O. The second-order valence-electron chi connectivity index (χ2n) is 5.43. The van der Waals surface area contributed by atoms with Crippen molar-refractivity contribution in [3.05, 3.63) is 57.3 Å². The van der Waals surface area contributed by atoms with Gasteiger partial charge in [0.25, 0.3) is 5.91 Å². The number of aromatic amines is 1. The zero-order valence-corrected chi connectivity index (χ0v) is 14.4. The van der Waals surface area contributed by atoms with Gasteiger partial charge < -0.3 is 9.88 Å². The Hall–Kier alpha value is -1.30. The molecule has 2 heterocycles. The molecule has 0 atom stereocenters. The van der Waals surface area contributed by atoms with E-state index in [1.807, 2.05) is 29.2 Å². The molecule has 0 spiro atoms. The van der Waals surface area contributed by atoms with Crippen molar-refractivity contribution in [2.75, 3.05) is 26.2 Å². The number of piperazine rings is 1. The van der Waals surface area contributed by atoms with Crippen LogP contribution >= 0.6 is 27.5 Å². The van der Waals surface area contributed by atoms with Crippen molar-refractivity contribution in [1.29, 1.82) is 0 Å². The van der Waals surface area contributed by atoms with Crippen molar-refractivity contribution in [1.82, 2.24) is 14.8 Å². The van der Waals surface area contributed by atoms with Crippen molar-refractivity contribution < 1.29 is 4.79 Å². The smallest absolute Gasteiger partial charge is 0.270 e. The summed E-state index contributed by atoms with van der Waals surface area (Å²) in [6.45, 7) is 4.11. The Morgan fingerprint density at radius 3 is 2.64 bits per heavy atom.